The lowest BCUT2D eigenvalue weighted by Gasteiger charge is -2.50. The summed E-state index contributed by atoms with van der Waals surface area (Å²) in [5, 5.41) is 12.8. The zero-order valence-corrected chi connectivity index (χ0v) is 21.0. The van der Waals surface area contributed by atoms with Gasteiger partial charge < -0.3 is 10.0 Å². The van der Waals surface area contributed by atoms with E-state index in [1.54, 1.807) is 9.58 Å². The summed E-state index contributed by atoms with van der Waals surface area (Å²) in [5.41, 5.74) is 2.71. The molecule has 0 fully saturated rings. The number of amides is 1. The molecule has 1 aromatic heterocycles. The molecule has 6 nitrogen and oxygen atoms in total. The second-order valence-corrected chi connectivity index (χ2v) is 10.5. The molecule has 2 aliphatic carbocycles. The van der Waals surface area contributed by atoms with Crippen LogP contribution in [0.4, 0.5) is 8.78 Å². The highest BCUT2D eigenvalue weighted by Gasteiger charge is 2.59. The first-order valence-electron chi connectivity index (χ1n) is 13.0. The molecule has 4 aromatic rings. The van der Waals surface area contributed by atoms with Gasteiger partial charge in [-0.1, -0.05) is 54.6 Å². The van der Waals surface area contributed by atoms with Crippen molar-refractivity contribution < 1.29 is 18.7 Å². The number of aromatic nitrogens is 1. The van der Waals surface area contributed by atoms with Crippen LogP contribution in [0.1, 0.15) is 38.3 Å². The van der Waals surface area contributed by atoms with Crippen LogP contribution in [0.15, 0.2) is 83.8 Å². The molecule has 1 aliphatic heterocycles. The molecule has 0 saturated carbocycles. The number of benzene rings is 3. The molecule has 196 valence electrons. The largest absolute Gasteiger partial charge is 0.502 e. The average Bonchev–Trinajstić information content (AvgIpc) is 3.42. The summed E-state index contributed by atoms with van der Waals surface area (Å²) in [7, 11) is 0. The quantitative estimate of drug-likeness (QED) is 0.436. The summed E-state index contributed by atoms with van der Waals surface area (Å²) in [5.74, 6) is -2.99. The number of nitrogens with zero attached hydrogens (tertiary/aromatic N) is 3. The van der Waals surface area contributed by atoms with Crippen LogP contribution in [-0.2, 0) is 24.8 Å². The van der Waals surface area contributed by atoms with Crippen molar-refractivity contribution in [3.63, 3.8) is 0 Å². The molecule has 0 spiro atoms. The fourth-order valence-corrected chi connectivity index (χ4v) is 6.88. The van der Waals surface area contributed by atoms with Crippen LogP contribution >= 0.6 is 0 Å². The van der Waals surface area contributed by atoms with E-state index in [0.29, 0.717) is 36.9 Å². The second kappa shape index (κ2) is 8.53. The predicted molar refractivity (Wildman–Crippen MR) is 141 cm³/mol. The molecule has 0 radical (unpaired) electrons. The van der Waals surface area contributed by atoms with Gasteiger partial charge in [-0.25, -0.2) is 8.78 Å². The highest BCUT2D eigenvalue weighted by molar-refractivity contribution is 5.96. The van der Waals surface area contributed by atoms with Gasteiger partial charge in [-0.15, -0.1) is 0 Å². The molecule has 0 saturated heterocycles. The topological polar surface area (TPSA) is 65.8 Å². The minimum atomic E-state index is -0.942. The molecule has 3 aromatic carbocycles. The van der Waals surface area contributed by atoms with Crippen LogP contribution in [0.5, 0.6) is 5.75 Å². The highest BCUT2D eigenvalue weighted by atomic mass is 19.2. The van der Waals surface area contributed by atoms with Crippen LogP contribution in [0, 0.1) is 17.6 Å². The Kier molecular flexibility index (Phi) is 5.17. The molecular formula is C31H25F2N3O3. The summed E-state index contributed by atoms with van der Waals surface area (Å²) in [6.07, 6.45) is 3.28. The van der Waals surface area contributed by atoms with Crippen molar-refractivity contribution in [2.75, 3.05) is 18.2 Å². The lowest BCUT2D eigenvalue weighted by molar-refractivity contribution is 0.0649. The van der Waals surface area contributed by atoms with E-state index in [1.165, 1.54) is 24.4 Å². The number of aromatic hydroxyl groups is 1. The minimum absolute atomic E-state index is 0.0790. The Hall–Kier alpha value is -4.46. The van der Waals surface area contributed by atoms with E-state index in [-0.39, 0.29) is 18.3 Å². The van der Waals surface area contributed by atoms with Crippen LogP contribution in [0.2, 0.25) is 0 Å². The maximum Gasteiger partial charge on any atom is 0.277 e. The molecule has 3 aliphatic rings. The van der Waals surface area contributed by atoms with E-state index in [1.807, 2.05) is 59.6 Å². The molecule has 2 heterocycles. The number of pyridine rings is 1. The smallest absolute Gasteiger partial charge is 0.277 e. The van der Waals surface area contributed by atoms with E-state index in [9.17, 15) is 23.5 Å². The zero-order valence-electron chi connectivity index (χ0n) is 21.0. The minimum Gasteiger partial charge on any atom is -0.502 e. The van der Waals surface area contributed by atoms with Gasteiger partial charge >= 0.3 is 0 Å². The second-order valence-electron chi connectivity index (χ2n) is 10.5. The van der Waals surface area contributed by atoms with Crippen molar-refractivity contribution >= 4 is 5.91 Å². The molecule has 0 bridgehead atoms. The van der Waals surface area contributed by atoms with Crippen molar-refractivity contribution in [1.82, 2.24) is 9.58 Å². The number of hydrogen-bond acceptors (Lipinski definition) is 4. The van der Waals surface area contributed by atoms with E-state index >= 15 is 0 Å². The average molecular weight is 526 g/mol. The van der Waals surface area contributed by atoms with Crippen molar-refractivity contribution in [3.8, 4) is 5.75 Å². The predicted octanol–water partition coefficient (Wildman–Crippen LogP) is 4.10. The number of halogens is 2. The fraction of sp³-hybridized carbons (Fsp3) is 0.226. The van der Waals surface area contributed by atoms with Gasteiger partial charge in [0.15, 0.2) is 23.1 Å². The highest BCUT2D eigenvalue weighted by Crippen LogP contribution is 2.57. The Labute approximate surface area is 223 Å². The third kappa shape index (κ3) is 3.30. The maximum atomic E-state index is 14.9. The zero-order chi connectivity index (χ0) is 26.9. The molecule has 2 atom stereocenters. The Morgan fingerprint density at radius 2 is 1.59 bits per heavy atom. The molecule has 2 unspecified atom stereocenters. The van der Waals surface area contributed by atoms with Gasteiger partial charge in [0.2, 0.25) is 5.43 Å². The summed E-state index contributed by atoms with van der Waals surface area (Å²) >= 11 is 0. The molecule has 1 amide bonds. The lowest BCUT2D eigenvalue weighted by Crippen LogP contribution is -2.63. The van der Waals surface area contributed by atoms with E-state index in [0.717, 1.165) is 16.7 Å². The first kappa shape index (κ1) is 23.6. The molecule has 1 N–H and O–H groups in total. The van der Waals surface area contributed by atoms with Gasteiger partial charge in [0, 0.05) is 24.7 Å². The number of hydrogen-bond donors (Lipinski definition) is 1. The van der Waals surface area contributed by atoms with Crippen molar-refractivity contribution in [1.29, 1.82) is 0 Å². The standard InChI is InChI=1S/C31H25F2N3O3/c32-25-16-21-15-22-14-20-8-4-5-9-23(20)31(22,24(21)17-26(25)33)36-18-34(12-10-19-6-2-1-3-7-19)30(39)28-29(38)27(37)11-13-35(28)36/h1-9,11,13,16-17,22,38H,10,12,14-15,18H2. The van der Waals surface area contributed by atoms with Crippen LogP contribution in [0.25, 0.3) is 0 Å². The summed E-state index contributed by atoms with van der Waals surface area (Å²) in [4.78, 5) is 27.8. The van der Waals surface area contributed by atoms with Crippen LogP contribution in [0.3, 0.4) is 0 Å². The Bertz CT molecular complexity index is 1700. The van der Waals surface area contributed by atoms with E-state index in [2.05, 4.69) is 0 Å². The number of carbonyl (C=O) groups excluding carboxylic acids is 1. The monoisotopic (exact) mass is 525 g/mol. The van der Waals surface area contributed by atoms with Crippen LogP contribution in [-0.4, -0.2) is 33.8 Å². The van der Waals surface area contributed by atoms with Crippen molar-refractivity contribution in [2.45, 2.75) is 24.8 Å². The third-order valence-electron chi connectivity index (χ3n) is 8.54. The Morgan fingerprint density at radius 1 is 0.872 bits per heavy atom. The Balaban J connectivity index is 1.45. The number of rotatable bonds is 4. The summed E-state index contributed by atoms with van der Waals surface area (Å²) < 4.78 is 30.8. The fourth-order valence-electron chi connectivity index (χ4n) is 6.88. The van der Waals surface area contributed by atoms with E-state index < -0.39 is 34.3 Å². The maximum absolute atomic E-state index is 14.9. The number of carbonyl (C=O) groups is 1. The molecule has 39 heavy (non-hydrogen) atoms. The van der Waals surface area contributed by atoms with Crippen molar-refractivity contribution in [3.05, 3.63) is 134 Å². The van der Waals surface area contributed by atoms with Gasteiger partial charge in [-0.2, -0.15) is 0 Å². The van der Waals surface area contributed by atoms with Gasteiger partial charge in [-0.3, -0.25) is 19.3 Å². The first-order valence-corrected chi connectivity index (χ1v) is 13.0. The first-order chi connectivity index (χ1) is 18.9. The van der Waals surface area contributed by atoms with Crippen molar-refractivity contribution in [2.24, 2.45) is 5.92 Å². The SMILES string of the molecule is O=C1c2c(O)c(=O)ccn2N(C23c4ccccc4CC2Cc2cc(F)c(F)cc23)CN1CCc1ccccc1. The van der Waals surface area contributed by atoms with Crippen LogP contribution < -0.4 is 10.4 Å². The van der Waals surface area contributed by atoms with Gasteiger partial charge in [0.25, 0.3) is 5.91 Å². The lowest BCUT2D eigenvalue weighted by atomic mass is 9.81. The van der Waals surface area contributed by atoms with Gasteiger partial charge in [0.1, 0.15) is 12.2 Å². The molecular weight excluding hydrogens is 500 g/mol. The Morgan fingerprint density at radius 3 is 2.41 bits per heavy atom. The third-order valence-corrected chi connectivity index (χ3v) is 8.54. The van der Waals surface area contributed by atoms with Gasteiger partial charge in [0.05, 0.1) is 0 Å². The van der Waals surface area contributed by atoms with E-state index in [4.69, 9.17) is 0 Å². The van der Waals surface area contributed by atoms with Gasteiger partial charge in [-0.05, 0) is 59.2 Å². The number of fused-ring (bicyclic) bond motifs is 6. The summed E-state index contributed by atoms with van der Waals surface area (Å²) in [6, 6.07) is 21.5. The molecule has 8 heteroatoms. The normalized spacial score (nSPS) is 21.0. The molecule has 7 rings (SSSR count). The summed E-state index contributed by atoms with van der Waals surface area (Å²) in [6.45, 7) is 0.471.